The number of hydrogen-bond acceptors (Lipinski definition) is 4. The number of piperidine rings is 1. The molecule has 5 heteroatoms. The standard InChI is InChI=1S/C13H19N3O2/c1-18-11-4-2-10(3-5-11)16-13(12(14)17)6-8-15-9-7-13/h2-5,15-16H,6-9H2,1H3,(H2,14,17). The van der Waals surface area contributed by atoms with Crippen LogP contribution in [0, 0.1) is 0 Å². The Bertz CT molecular complexity index is 411. The van der Waals surface area contributed by atoms with Gasteiger partial charge in [-0.15, -0.1) is 0 Å². The van der Waals surface area contributed by atoms with Crippen molar-refractivity contribution in [3.63, 3.8) is 0 Å². The summed E-state index contributed by atoms with van der Waals surface area (Å²) >= 11 is 0. The summed E-state index contributed by atoms with van der Waals surface area (Å²) in [6.45, 7) is 1.60. The molecule has 1 aromatic rings. The van der Waals surface area contributed by atoms with Crippen LogP contribution in [0.15, 0.2) is 24.3 Å². The first-order valence-electron chi connectivity index (χ1n) is 6.09. The van der Waals surface area contributed by atoms with Crippen LogP contribution in [0.3, 0.4) is 0 Å². The molecule has 1 aliphatic heterocycles. The molecule has 1 amide bonds. The third-order valence-corrected chi connectivity index (χ3v) is 3.40. The van der Waals surface area contributed by atoms with E-state index in [1.54, 1.807) is 7.11 Å². The van der Waals surface area contributed by atoms with Crippen molar-refractivity contribution in [2.24, 2.45) is 5.73 Å². The molecule has 1 heterocycles. The molecule has 1 saturated heterocycles. The first-order chi connectivity index (χ1) is 8.66. The van der Waals surface area contributed by atoms with Gasteiger partial charge in [-0.1, -0.05) is 0 Å². The van der Waals surface area contributed by atoms with Crippen LogP contribution in [-0.4, -0.2) is 31.6 Å². The molecule has 0 radical (unpaired) electrons. The van der Waals surface area contributed by atoms with Gasteiger partial charge >= 0.3 is 0 Å². The lowest BCUT2D eigenvalue weighted by Gasteiger charge is -2.36. The second kappa shape index (κ2) is 5.27. The van der Waals surface area contributed by atoms with E-state index in [2.05, 4.69) is 10.6 Å². The van der Waals surface area contributed by atoms with Crippen LogP contribution in [0.1, 0.15) is 12.8 Å². The van der Waals surface area contributed by atoms with E-state index >= 15 is 0 Å². The zero-order valence-electron chi connectivity index (χ0n) is 10.5. The van der Waals surface area contributed by atoms with E-state index in [1.807, 2.05) is 24.3 Å². The lowest BCUT2D eigenvalue weighted by Crippen LogP contribution is -2.56. The van der Waals surface area contributed by atoms with Gasteiger partial charge in [0.2, 0.25) is 5.91 Å². The minimum Gasteiger partial charge on any atom is -0.497 e. The predicted molar refractivity (Wildman–Crippen MR) is 70.6 cm³/mol. The molecule has 1 aromatic carbocycles. The topological polar surface area (TPSA) is 76.4 Å². The summed E-state index contributed by atoms with van der Waals surface area (Å²) in [5, 5.41) is 6.51. The van der Waals surface area contributed by atoms with Crippen LogP contribution < -0.4 is 21.1 Å². The molecule has 0 aromatic heterocycles. The first-order valence-corrected chi connectivity index (χ1v) is 6.09. The molecule has 0 saturated carbocycles. The summed E-state index contributed by atoms with van der Waals surface area (Å²) in [6.07, 6.45) is 1.41. The van der Waals surface area contributed by atoms with E-state index < -0.39 is 5.54 Å². The summed E-state index contributed by atoms with van der Waals surface area (Å²) < 4.78 is 5.10. The number of carbonyl (C=O) groups is 1. The lowest BCUT2D eigenvalue weighted by atomic mass is 9.87. The Labute approximate surface area is 107 Å². The molecule has 0 atom stereocenters. The van der Waals surface area contributed by atoms with Crippen molar-refractivity contribution in [2.75, 3.05) is 25.5 Å². The minimum atomic E-state index is -0.639. The van der Waals surface area contributed by atoms with Gasteiger partial charge in [-0.05, 0) is 50.2 Å². The summed E-state index contributed by atoms with van der Waals surface area (Å²) in [6, 6.07) is 7.51. The molecule has 5 nitrogen and oxygen atoms in total. The molecule has 4 N–H and O–H groups in total. The van der Waals surface area contributed by atoms with Gasteiger partial charge in [0.05, 0.1) is 7.11 Å². The molecule has 0 bridgehead atoms. The fraction of sp³-hybridized carbons (Fsp3) is 0.462. The maximum absolute atomic E-state index is 11.7. The van der Waals surface area contributed by atoms with Crippen LogP contribution in [0.5, 0.6) is 5.75 Å². The highest BCUT2D eigenvalue weighted by molar-refractivity contribution is 5.88. The predicted octanol–water partition coefficient (Wildman–Crippen LogP) is 0.715. The molecule has 0 unspecified atom stereocenters. The van der Waals surface area contributed by atoms with Crippen LogP contribution in [0.4, 0.5) is 5.69 Å². The summed E-state index contributed by atoms with van der Waals surface area (Å²) in [5.74, 6) is 0.499. The monoisotopic (exact) mass is 249 g/mol. The number of hydrogen-bond donors (Lipinski definition) is 3. The fourth-order valence-corrected chi connectivity index (χ4v) is 2.24. The number of methoxy groups -OCH3 is 1. The van der Waals surface area contributed by atoms with Crippen molar-refractivity contribution in [1.29, 1.82) is 0 Å². The number of anilines is 1. The third kappa shape index (κ3) is 2.56. The van der Waals surface area contributed by atoms with Gasteiger partial charge in [-0.3, -0.25) is 4.79 Å². The van der Waals surface area contributed by atoms with E-state index in [0.717, 1.165) is 24.5 Å². The largest absolute Gasteiger partial charge is 0.497 e. The van der Waals surface area contributed by atoms with E-state index in [9.17, 15) is 4.79 Å². The highest BCUT2D eigenvalue weighted by Crippen LogP contribution is 2.25. The highest BCUT2D eigenvalue weighted by atomic mass is 16.5. The second-order valence-corrected chi connectivity index (χ2v) is 4.55. The fourth-order valence-electron chi connectivity index (χ4n) is 2.24. The second-order valence-electron chi connectivity index (χ2n) is 4.55. The average Bonchev–Trinajstić information content (AvgIpc) is 2.40. The maximum Gasteiger partial charge on any atom is 0.243 e. The van der Waals surface area contributed by atoms with Gasteiger partial charge in [0.25, 0.3) is 0 Å². The smallest absolute Gasteiger partial charge is 0.243 e. The Morgan fingerprint density at radius 2 is 1.94 bits per heavy atom. The minimum absolute atomic E-state index is 0.292. The summed E-state index contributed by atoms with van der Waals surface area (Å²) in [5.41, 5.74) is 5.80. The molecule has 1 fully saturated rings. The normalized spacial score (nSPS) is 18.1. The van der Waals surface area contributed by atoms with Crippen molar-refractivity contribution >= 4 is 11.6 Å². The van der Waals surface area contributed by atoms with Crippen LogP contribution >= 0.6 is 0 Å². The molecule has 2 rings (SSSR count). The van der Waals surface area contributed by atoms with Crippen molar-refractivity contribution in [3.8, 4) is 5.75 Å². The number of ether oxygens (including phenoxy) is 1. The maximum atomic E-state index is 11.7. The zero-order chi connectivity index (χ0) is 13.0. The Morgan fingerprint density at radius 3 is 2.44 bits per heavy atom. The van der Waals surface area contributed by atoms with Crippen molar-refractivity contribution < 1.29 is 9.53 Å². The number of benzene rings is 1. The van der Waals surface area contributed by atoms with Gasteiger partial charge < -0.3 is 21.1 Å². The Kier molecular flexibility index (Phi) is 3.72. The van der Waals surface area contributed by atoms with Gasteiger partial charge in [0, 0.05) is 5.69 Å². The number of nitrogens with one attached hydrogen (secondary N) is 2. The summed E-state index contributed by atoms with van der Waals surface area (Å²) in [4.78, 5) is 11.7. The van der Waals surface area contributed by atoms with Gasteiger partial charge in [-0.2, -0.15) is 0 Å². The molecule has 18 heavy (non-hydrogen) atoms. The number of primary amides is 1. The van der Waals surface area contributed by atoms with Gasteiger partial charge in [0.15, 0.2) is 0 Å². The Balaban J connectivity index is 2.15. The Morgan fingerprint density at radius 1 is 1.33 bits per heavy atom. The van der Waals surface area contributed by atoms with Crippen LogP contribution in [-0.2, 0) is 4.79 Å². The third-order valence-electron chi connectivity index (χ3n) is 3.40. The van der Waals surface area contributed by atoms with Gasteiger partial charge in [0.1, 0.15) is 11.3 Å². The van der Waals surface area contributed by atoms with E-state index in [1.165, 1.54) is 0 Å². The molecule has 98 valence electrons. The van der Waals surface area contributed by atoms with Crippen molar-refractivity contribution in [2.45, 2.75) is 18.4 Å². The van der Waals surface area contributed by atoms with Crippen molar-refractivity contribution in [3.05, 3.63) is 24.3 Å². The number of carbonyl (C=O) groups excluding carboxylic acids is 1. The molecular formula is C13H19N3O2. The quantitative estimate of drug-likeness (QED) is 0.734. The molecule has 1 aliphatic rings. The Hall–Kier alpha value is -1.75. The van der Waals surface area contributed by atoms with Crippen molar-refractivity contribution in [1.82, 2.24) is 5.32 Å². The summed E-state index contributed by atoms with van der Waals surface area (Å²) in [7, 11) is 1.63. The zero-order valence-corrected chi connectivity index (χ0v) is 10.5. The van der Waals surface area contributed by atoms with E-state index in [0.29, 0.717) is 12.8 Å². The highest BCUT2D eigenvalue weighted by Gasteiger charge is 2.37. The van der Waals surface area contributed by atoms with E-state index in [4.69, 9.17) is 10.5 Å². The van der Waals surface area contributed by atoms with Crippen LogP contribution in [0.2, 0.25) is 0 Å². The average molecular weight is 249 g/mol. The molecule has 0 spiro atoms. The number of nitrogens with two attached hydrogens (primary N) is 1. The molecule has 0 aliphatic carbocycles. The van der Waals surface area contributed by atoms with Crippen LogP contribution in [0.25, 0.3) is 0 Å². The lowest BCUT2D eigenvalue weighted by molar-refractivity contribution is -0.123. The van der Waals surface area contributed by atoms with E-state index in [-0.39, 0.29) is 5.91 Å². The molecular weight excluding hydrogens is 230 g/mol. The van der Waals surface area contributed by atoms with Gasteiger partial charge in [-0.25, -0.2) is 0 Å². The first kappa shape index (κ1) is 12.7. The number of amides is 1. The number of rotatable bonds is 4. The SMILES string of the molecule is COc1ccc(NC2(C(N)=O)CCNCC2)cc1.